The van der Waals surface area contributed by atoms with Gasteiger partial charge >= 0.3 is 6.09 Å². The predicted molar refractivity (Wildman–Crippen MR) is 150 cm³/mol. The van der Waals surface area contributed by atoms with Gasteiger partial charge in [-0.3, -0.25) is 9.69 Å². The van der Waals surface area contributed by atoms with Gasteiger partial charge in [-0.15, -0.1) is 0 Å². The average molecular weight is 524 g/mol. The molecular weight excluding hydrogens is 482 g/mol. The van der Waals surface area contributed by atoms with Crippen LogP contribution in [-0.2, 0) is 9.53 Å². The minimum atomic E-state index is -0.732. The smallest absolute Gasteiger partial charge is 0.410 e. The van der Waals surface area contributed by atoms with Crippen LogP contribution in [0.4, 0.5) is 16.3 Å². The quantitative estimate of drug-likeness (QED) is 0.597. The zero-order chi connectivity index (χ0) is 27.7. The first-order valence-corrected chi connectivity index (χ1v) is 13.4. The molecule has 3 heterocycles. The van der Waals surface area contributed by atoms with E-state index in [2.05, 4.69) is 21.8 Å². The van der Waals surface area contributed by atoms with Gasteiger partial charge in [0.15, 0.2) is 0 Å². The van der Waals surface area contributed by atoms with Crippen LogP contribution in [0.2, 0.25) is 0 Å². The third kappa shape index (κ3) is 5.79. The lowest BCUT2D eigenvalue weighted by atomic mass is 9.87. The van der Waals surface area contributed by atoms with Crippen molar-refractivity contribution in [1.82, 2.24) is 14.8 Å². The molecule has 4 rings (SSSR count). The maximum Gasteiger partial charge on any atom is 0.410 e. The van der Waals surface area contributed by atoms with Gasteiger partial charge < -0.3 is 25.6 Å². The number of carbonyl (C=O) groups is 2. The number of anilines is 2. The Labute approximate surface area is 225 Å². The number of ether oxygens (including phenoxy) is 1. The fourth-order valence-corrected chi connectivity index (χ4v) is 5.24. The Morgan fingerprint density at radius 2 is 1.87 bits per heavy atom. The summed E-state index contributed by atoms with van der Waals surface area (Å²) in [5.41, 5.74) is 6.42. The zero-order valence-corrected chi connectivity index (χ0v) is 23.3. The number of hydrogen-bond donors (Lipinski definition) is 2. The second-order valence-corrected chi connectivity index (χ2v) is 11.7. The molecule has 0 radical (unpaired) electrons. The average Bonchev–Trinajstić information content (AvgIpc) is 3.43. The van der Waals surface area contributed by atoms with Crippen LogP contribution < -0.4 is 16.0 Å². The number of nitrogens with two attached hydrogens (primary N) is 1. The molecule has 10 nitrogen and oxygen atoms in total. The van der Waals surface area contributed by atoms with Gasteiger partial charge in [-0.1, -0.05) is 19.4 Å². The fraction of sp³-hybridized carbons (Fsp3) is 0.571. The van der Waals surface area contributed by atoms with Gasteiger partial charge in [0.05, 0.1) is 17.3 Å². The van der Waals surface area contributed by atoms with Gasteiger partial charge in [-0.2, -0.15) is 0 Å². The number of carbonyl (C=O) groups excluding carboxylic acids is 2. The third-order valence-corrected chi connectivity index (χ3v) is 7.31. The summed E-state index contributed by atoms with van der Waals surface area (Å²) in [6, 6.07) is 4.00. The summed E-state index contributed by atoms with van der Waals surface area (Å²) >= 11 is 0. The minimum absolute atomic E-state index is 0.0295. The van der Waals surface area contributed by atoms with Crippen LogP contribution in [0.3, 0.4) is 0 Å². The zero-order valence-electron chi connectivity index (χ0n) is 23.3. The van der Waals surface area contributed by atoms with Gasteiger partial charge in [-0.25, -0.2) is 14.8 Å². The van der Waals surface area contributed by atoms with Crippen LogP contribution in [0, 0.1) is 5.41 Å². The molecule has 1 saturated carbocycles. The molecule has 2 amide bonds. The molecule has 1 aromatic rings. The number of hydrogen-bond acceptors (Lipinski definition) is 8. The molecule has 0 atom stereocenters. The third-order valence-electron chi connectivity index (χ3n) is 7.31. The number of amides is 2. The summed E-state index contributed by atoms with van der Waals surface area (Å²) in [4.78, 5) is 40.6. The highest BCUT2D eigenvalue weighted by molar-refractivity contribution is 6.19. The van der Waals surface area contributed by atoms with E-state index in [1.165, 1.54) is 6.20 Å². The molecule has 38 heavy (non-hydrogen) atoms. The molecule has 2 aliphatic heterocycles. The van der Waals surface area contributed by atoms with Crippen molar-refractivity contribution in [3.63, 3.8) is 0 Å². The fourth-order valence-electron chi connectivity index (χ4n) is 5.24. The van der Waals surface area contributed by atoms with Crippen LogP contribution in [0.5, 0.6) is 0 Å². The Balaban J connectivity index is 1.40. The van der Waals surface area contributed by atoms with Crippen LogP contribution in [0.15, 0.2) is 47.5 Å². The van der Waals surface area contributed by atoms with E-state index >= 15 is 0 Å². The van der Waals surface area contributed by atoms with E-state index < -0.39 is 11.0 Å². The molecule has 1 aromatic heterocycles. The SMILES string of the molecule is C=C(N=C1/C(=C\N)C(C)(C)C(=O)N1C1CCCC1)Nc1ccc(N2CCN(C(=O)OC(C)(C)C)CC2)cn1. The monoisotopic (exact) mass is 523 g/mol. The highest BCUT2D eigenvalue weighted by atomic mass is 16.6. The van der Waals surface area contributed by atoms with E-state index in [9.17, 15) is 9.59 Å². The summed E-state index contributed by atoms with van der Waals surface area (Å²) in [5, 5.41) is 3.15. The molecule has 0 unspecified atom stereocenters. The molecule has 2 saturated heterocycles. The number of amidine groups is 1. The lowest BCUT2D eigenvalue weighted by Gasteiger charge is -2.36. The number of aromatic nitrogens is 1. The number of pyridine rings is 1. The van der Waals surface area contributed by atoms with Crippen LogP contribution in [-0.4, -0.2) is 70.4 Å². The van der Waals surface area contributed by atoms with Gasteiger partial charge in [0.1, 0.15) is 23.1 Å². The van der Waals surface area contributed by atoms with E-state index in [4.69, 9.17) is 15.5 Å². The Hall–Kier alpha value is -3.56. The van der Waals surface area contributed by atoms with E-state index in [0.717, 1.165) is 31.4 Å². The Morgan fingerprint density at radius 3 is 2.42 bits per heavy atom. The number of nitrogens with one attached hydrogen (secondary N) is 1. The molecule has 3 N–H and O–H groups in total. The first kappa shape index (κ1) is 27.5. The lowest BCUT2D eigenvalue weighted by Crippen LogP contribution is -2.50. The highest BCUT2D eigenvalue weighted by Gasteiger charge is 2.50. The van der Waals surface area contributed by atoms with Crippen LogP contribution in [0.25, 0.3) is 0 Å². The molecule has 3 fully saturated rings. The summed E-state index contributed by atoms with van der Waals surface area (Å²) in [7, 11) is 0. The number of likely N-dealkylation sites (tertiary alicyclic amines) is 1. The topological polar surface area (TPSA) is 116 Å². The van der Waals surface area contributed by atoms with Gasteiger partial charge in [0, 0.05) is 44.0 Å². The van der Waals surface area contributed by atoms with Crippen molar-refractivity contribution >= 4 is 29.3 Å². The maximum atomic E-state index is 13.3. The molecule has 0 bridgehead atoms. The molecule has 1 aliphatic carbocycles. The highest BCUT2D eigenvalue weighted by Crippen LogP contribution is 2.41. The van der Waals surface area contributed by atoms with Gasteiger partial charge in [-0.05, 0) is 59.6 Å². The van der Waals surface area contributed by atoms with E-state index in [0.29, 0.717) is 49.2 Å². The van der Waals surface area contributed by atoms with Gasteiger partial charge in [0.2, 0.25) is 5.91 Å². The number of nitrogens with zero attached hydrogens (tertiary/aromatic N) is 5. The molecule has 3 aliphatic rings. The van der Waals surface area contributed by atoms with Crippen molar-refractivity contribution in [3.05, 3.63) is 42.5 Å². The molecular formula is C28H41N7O3. The van der Waals surface area contributed by atoms with Crippen molar-refractivity contribution in [2.75, 3.05) is 36.4 Å². The first-order valence-electron chi connectivity index (χ1n) is 13.4. The van der Waals surface area contributed by atoms with Crippen LogP contribution >= 0.6 is 0 Å². The predicted octanol–water partition coefficient (Wildman–Crippen LogP) is 4.07. The van der Waals surface area contributed by atoms with Crippen molar-refractivity contribution in [1.29, 1.82) is 0 Å². The van der Waals surface area contributed by atoms with Crippen molar-refractivity contribution < 1.29 is 14.3 Å². The molecule has 206 valence electrons. The number of piperazine rings is 1. The largest absolute Gasteiger partial charge is 0.444 e. The normalized spacial score (nSPS) is 22.4. The number of rotatable bonds is 5. The Kier molecular flexibility index (Phi) is 7.71. The molecule has 10 heteroatoms. The van der Waals surface area contributed by atoms with E-state index in [1.807, 2.05) is 51.7 Å². The summed E-state index contributed by atoms with van der Waals surface area (Å²) in [6.45, 7) is 16.0. The van der Waals surface area contributed by atoms with Crippen molar-refractivity contribution in [2.45, 2.75) is 71.9 Å². The first-order chi connectivity index (χ1) is 17.9. The summed E-state index contributed by atoms with van der Waals surface area (Å²) in [6.07, 6.45) is 7.16. The van der Waals surface area contributed by atoms with Crippen LogP contribution in [0.1, 0.15) is 60.3 Å². The second-order valence-electron chi connectivity index (χ2n) is 11.7. The van der Waals surface area contributed by atoms with E-state index in [1.54, 1.807) is 11.1 Å². The Morgan fingerprint density at radius 1 is 1.21 bits per heavy atom. The van der Waals surface area contributed by atoms with Gasteiger partial charge in [0.25, 0.3) is 0 Å². The summed E-state index contributed by atoms with van der Waals surface area (Å²) < 4.78 is 5.48. The van der Waals surface area contributed by atoms with E-state index in [-0.39, 0.29) is 18.0 Å². The lowest BCUT2D eigenvalue weighted by molar-refractivity contribution is -0.133. The molecule has 0 aromatic carbocycles. The van der Waals surface area contributed by atoms with Crippen molar-refractivity contribution in [2.24, 2.45) is 16.1 Å². The minimum Gasteiger partial charge on any atom is -0.444 e. The molecule has 0 spiro atoms. The maximum absolute atomic E-state index is 13.3. The second kappa shape index (κ2) is 10.7. The summed E-state index contributed by atoms with van der Waals surface area (Å²) in [5.74, 6) is 1.59. The number of aliphatic imine (C=N–C) groups is 1. The standard InChI is InChI=1S/C28H41N7O3/c1-19(32-24-22(17-29)28(5,6)25(36)35(24)20-9-7-8-10-20)31-23-12-11-21(18-30-23)33-13-15-34(16-14-33)26(37)38-27(2,3)4/h11-12,17-18,20H,1,7-10,13-16,29H2,2-6H3,(H,30,31)/b22-17+,32-24?. The Bertz CT molecular complexity index is 1120. The van der Waals surface area contributed by atoms with Crippen molar-refractivity contribution in [3.8, 4) is 0 Å².